The fraction of sp³-hybridized carbons (Fsp3) is 0.500. The second-order valence-electron chi connectivity index (χ2n) is 5.15. The summed E-state index contributed by atoms with van der Waals surface area (Å²) in [6, 6.07) is 5.31. The summed E-state index contributed by atoms with van der Waals surface area (Å²) in [5.41, 5.74) is 0. The van der Waals surface area contributed by atoms with Crippen molar-refractivity contribution in [1.29, 1.82) is 0 Å². The average Bonchev–Trinajstić information content (AvgIpc) is 2.47. The number of nitrogens with zero attached hydrogens (tertiary/aromatic N) is 1. The van der Waals surface area contributed by atoms with Gasteiger partial charge in [-0.1, -0.05) is 6.07 Å². The Morgan fingerprint density at radius 2 is 2.38 bits per heavy atom. The number of amides is 2. The van der Waals surface area contributed by atoms with Gasteiger partial charge in [0.25, 0.3) is 0 Å². The van der Waals surface area contributed by atoms with Gasteiger partial charge in [-0.05, 0) is 26.0 Å². The second-order valence-corrected chi connectivity index (χ2v) is 7.91. The zero-order valence-corrected chi connectivity index (χ0v) is 13.7. The van der Waals surface area contributed by atoms with E-state index in [-0.39, 0.29) is 11.8 Å². The van der Waals surface area contributed by atoms with Gasteiger partial charge in [-0.3, -0.25) is 9.59 Å². The molecule has 2 rings (SSSR count). The summed E-state index contributed by atoms with van der Waals surface area (Å²) in [7, 11) is 0. The molecule has 0 aliphatic carbocycles. The molecule has 1 aliphatic rings. The van der Waals surface area contributed by atoms with Gasteiger partial charge in [-0.25, -0.2) is 4.98 Å². The van der Waals surface area contributed by atoms with Crippen LogP contribution in [0.5, 0.6) is 0 Å². The predicted octanol–water partition coefficient (Wildman–Crippen LogP) is 1.30. The van der Waals surface area contributed by atoms with Crippen LogP contribution in [-0.4, -0.2) is 45.6 Å². The van der Waals surface area contributed by atoms with E-state index in [1.807, 2.05) is 32.0 Å². The molecule has 0 spiro atoms. The zero-order chi connectivity index (χ0) is 15.3. The van der Waals surface area contributed by atoms with E-state index in [0.29, 0.717) is 12.3 Å². The number of nitrogens with one attached hydrogen (secondary N) is 2. The molecule has 1 atom stereocenters. The summed E-state index contributed by atoms with van der Waals surface area (Å²) >= 11 is 3.10. The standard InChI is InChI=1S/C14H19N3O2S2/c1-14(2)13(19)17-10(9-21-14)12(18)16-7-8-20-11-5-3-4-6-15-11/h3-6,10H,7-9H2,1-2H3,(H,16,18)(H,17,19)/t10-/m0/s1. The normalized spacial score (nSPS) is 20.7. The Morgan fingerprint density at radius 3 is 3.05 bits per heavy atom. The zero-order valence-electron chi connectivity index (χ0n) is 12.1. The van der Waals surface area contributed by atoms with Crippen LogP contribution in [0.1, 0.15) is 13.8 Å². The predicted molar refractivity (Wildman–Crippen MR) is 86.4 cm³/mol. The van der Waals surface area contributed by atoms with Crippen LogP contribution in [0, 0.1) is 0 Å². The van der Waals surface area contributed by atoms with Gasteiger partial charge in [-0.15, -0.1) is 23.5 Å². The summed E-state index contributed by atoms with van der Waals surface area (Å²) in [5.74, 6) is 1.16. The third kappa shape index (κ3) is 4.64. The third-order valence-electron chi connectivity index (χ3n) is 3.07. The van der Waals surface area contributed by atoms with Crippen molar-refractivity contribution in [2.45, 2.75) is 29.7 Å². The van der Waals surface area contributed by atoms with E-state index < -0.39 is 10.8 Å². The molecule has 21 heavy (non-hydrogen) atoms. The first-order chi connectivity index (χ1) is 9.99. The smallest absolute Gasteiger partial charge is 0.243 e. The molecule has 0 saturated carbocycles. The molecule has 2 amide bonds. The van der Waals surface area contributed by atoms with E-state index >= 15 is 0 Å². The van der Waals surface area contributed by atoms with Gasteiger partial charge < -0.3 is 10.6 Å². The number of hydrogen-bond acceptors (Lipinski definition) is 5. The Balaban J connectivity index is 1.69. The van der Waals surface area contributed by atoms with Crippen molar-refractivity contribution in [3.05, 3.63) is 24.4 Å². The molecule has 1 saturated heterocycles. The molecule has 0 unspecified atom stereocenters. The Hall–Kier alpha value is -1.21. The molecule has 1 fully saturated rings. The average molecular weight is 325 g/mol. The van der Waals surface area contributed by atoms with Crippen LogP contribution in [-0.2, 0) is 9.59 Å². The van der Waals surface area contributed by atoms with E-state index in [0.717, 1.165) is 10.8 Å². The number of carbonyl (C=O) groups excluding carboxylic acids is 2. The fourth-order valence-electron chi connectivity index (χ4n) is 1.76. The second kappa shape index (κ2) is 7.17. The Labute approximate surface area is 133 Å². The monoisotopic (exact) mass is 325 g/mol. The summed E-state index contributed by atoms with van der Waals surface area (Å²) in [6.07, 6.45) is 1.75. The van der Waals surface area contributed by atoms with E-state index in [9.17, 15) is 9.59 Å². The first-order valence-corrected chi connectivity index (χ1v) is 8.72. The van der Waals surface area contributed by atoms with Gasteiger partial charge in [0.2, 0.25) is 11.8 Å². The molecule has 1 aliphatic heterocycles. The molecule has 1 aromatic rings. The topological polar surface area (TPSA) is 71.1 Å². The maximum absolute atomic E-state index is 12.0. The van der Waals surface area contributed by atoms with Gasteiger partial charge in [0.15, 0.2) is 0 Å². The molecular weight excluding hydrogens is 306 g/mol. The highest BCUT2D eigenvalue weighted by Gasteiger charge is 2.37. The van der Waals surface area contributed by atoms with Crippen molar-refractivity contribution >= 4 is 35.3 Å². The van der Waals surface area contributed by atoms with E-state index in [1.54, 1.807) is 18.0 Å². The highest BCUT2D eigenvalue weighted by molar-refractivity contribution is 8.01. The third-order valence-corrected chi connectivity index (χ3v) is 5.42. The Kier molecular flexibility index (Phi) is 5.52. The molecule has 114 valence electrons. The van der Waals surface area contributed by atoms with Gasteiger partial charge in [0.1, 0.15) is 6.04 Å². The summed E-state index contributed by atoms with van der Waals surface area (Å²) in [6.45, 7) is 4.29. The number of hydrogen-bond donors (Lipinski definition) is 2. The quantitative estimate of drug-likeness (QED) is 0.631. The molecule has 2 N–H and O–H groups in total. The fourth-order valence-corrected chi connectivity index (χ4v) is 3.49. The van der Waals surface area contributed by atoms with Gasteiger partial charge >= 0.3 is 0 Å². The first-order valence-electron chi connectivity index (χ1n) is 6.75. The lowest BCUT2D eigenvalue weighted by molar-refractivity contribution is -0.129. The molecule has 2 heterocycles. The van der Waals surface area contributed by atoms with Crippen molar-refractivity contribution in [1.82, 2.24) is 15.6 Å². The molecule has 0 bridgehead atoms. The van der Waals surface area contributed by atoms with Crippen molar-refractivity contribution in [2.24, 2.45) is 0 Å². The van der Waals surface area contributed by atoms with Crippen molar-refractivity contribution in [2.75, 3.05) is 18.1 Å². The number of pyridine rings is 1. The maximum Gasteiger partial charge on any atom is 0.243 e. The number of thioether (sulfide) groups is 2. The van der Waals surface area contributed by atoms with Crippen LogP contribution in [0.4, 0.5) is 0 Å². The van der Waals surface area contributed by atoms with E-state index in [2.05, 4.69) is 15.6 Å². The van der Waals surface area contributed by atoms with Crippen LogP contribution < -0.4 is 10.6 Å². The molecule has 0 aromatic carbocycles. The number of aromatic nitrogens is 1. The molecule has 7 heteroatoms. The minimum Gasteiger partial charge on any atom is -0.353 e. The highest BCUT2D eigenvalue weighted by atomic mass is 32.2. The van der Waals surface area contributed by atoms with Crippen LogP contribution in [0.3, 0.4) is 0 Å². The van der Waals surface area contributed by atoms with Gasteiger partial charge in [-0.2, -0.15) is 0 Å². The van der Waals surface area contributed by atoms with Gasteiger partial charge in [0.05, 0.1) is 9.77 Å². The highest BCUT2D eigenvalue weighted by Crippen LogP contribution is 2.28. The first kappa shape index (κ1) is 16.2. The van der Waals surface area contributed by atoms with Gasteiger partial charge in [0, 0.05) is 24.2 Å². The Morgan fingerprint density at radius 1 is 1.57 bits per heavy atom. The lowest BCUT2D eigenvalue weighted by Crippen LogP contribution is -2.57. The van der Waals surface area contributed by atoms with E-state index in [4.69, 9.17) is 0 Å². The van der Waals surface area contributed by atoms with Crippen LogP contribution in [0.25, 0.3) is 0 Å². The van der Waals surface area contributed by atoms with Crippen molar-refractivity contribution < 1.29 is 9.59 Å². The van der Waals surface area contributed by atoms with Crippen molar-refractivity contribution in [3.63, 3.8) is 0 Å². The summed E-state index contributed by atoms with van der Waals surface area (Å²) in [5, 5.41) is 6.57. The minimum absolute atomic E-state index is 0.0817. The minimum atomic E-state index is -0.453. The molecule has 5 nitrogen and oxygen atoms in total. The molecule has 0 radical (unpaired) electrons. The lowest BCUT2D eigenvalue weighted by Gasteiger charge is -2.32. The van der Waals surface area contributed by atoms with Crippen molar-refractivity contribution in [3.8, 4) is 0 Å². The number of rotatable bonds is 5. The largest absolute Gasteiger partial charge is 0.353 e. The molecule has 1 aromatic heterocycles. The Bertz CT molecular complexity index is 508. The maximum atomic E-state index is 12.0. The molecular formula is C14H19N3O2S2. The van der Waals surface area contributed by atoms with Crippen LogP contribution >= 0.6 is 23.5 Å². The van der Waals surface area contributed by atoms with E-state index in [1.165, 1.54) is 11.8 Å². The SMILES string of the molecule is CC1(C)SC[C@@H](C(=O)NCCSc2ccccn2)NC1=O. The van der Waals surface area contributed by atoms with Crippen LogP contribution in [0.15, 0.2) is 29.4 Å². The summed E-state index contributed by atoms with van der Waals surface area (Å²) in [4.78, 5) is 28.0. The summed E-state index contributed by atoms with van der Waals surface area (Å²) < 4.78 is -0.453. The number of carbonyl (C=O) groups is 2. The van der Waals surface area contributed by atoms with Crippen LogP contribution in [0.2, 0.25) is 0 Å². The lowest BCUT2D eigenvalue weighted by atomic mass is 10.1.